The summed E-state index contributed by atoms with van der Waals surface area (Å²) < 4.78 is 6.17. The summed E-state index contributed by atoms with van der Waals surface area (Å²) in [6.07, 6.45) is 4.06. The molecule has 4 heteroatoms. The number of aromatic nitrogens is 1. The van der Waals surface area contributed by atoms with Gasteiger partial charge >= 0.3 is 0 Å². The first-order valence-corrected chi connectivity index (χ1v) is 6.16. The first kappa shape index (κ1) is 11.7. The van der Waals surface area contributed by atoms with Gasteiger partial charge < -0.3 is 4.74 Å². The summed E-state index contributed by atoms with van der Waals surface area (Å²) in [5, 5.41) is 0. The van der Waals surface area contributed by atoms with E-state index in [-0.39, 0.29) is 11.9 Å². The second kappa shape index (κ2) is 5.06. The largest absolute Gasteiger partial charge is 0.373 e. The summed E-state index contributed by atoms with van der Waals surface area (Å²) in [5.74, 6) is 0.577. The number of hydrogen-bond donors (Lipinski definition) is 0. The summed E-state index contributed by atoms with van der Waals surface area (Å²) in [4.78, 5) is 16.1. The summed E-state index contributed by atoms with van der Waals surface area (Å²) in [6, 6.07) is 3.76. The number of hydrogen-bond acceptors (Lipinski definition) is 3. The van der Waals surface area contributed by atoms with E-state index in [9.17, 15) is 4.79 Å². The molecule has 1 fully saturated rings. The highest BCUT2D eigenvalue weighted by molar-refractivity contribution is 9.10. The van der Waals surface area contributed by atoms with E-state index in [2.05, 4.69) is 20.9 Å². The molecule has 0 spiro atoms. The van der Waals surface area contributed by atoms with E-state index in [0.717, 1.165) is 23.0 Å². The van der Waals surface area contributed by atoms with E-state index in [4.69, 9.17) is 4.74 Å². The van der Waals surface area contributed by atoms with Gasteiger partial charge in [0.15, 0.2) is 5.78 Å². The average Bonchev–Trinajstić information content (AvgIpc) is 3.07. The molecule has 0 aliphatic heterocycles. The van der Waals surface area contributed by atoms with Gasteiger partial charge in [-0.25, -0.2) is 0 Å². The van der Waals surface area contributed by atoms with Gasteiger partial charge in [-0.15, -0.1) is 0 Å². The zero-order valence-electron chi connectivity index (χ0n) is 9.15. The summed E-state index contributed by atoms with van der Waals surface area (Å²) in [7, 11) is 1.61. The van der Waals surface area contributed by atoms with Crippen LogP contribution in [0.25, 0.3) is 0 Å². The molecule has 1 heterocycles. The number of carbonyl (C=O) groups excluding carboxylic acids is 1. The van der Waals surface area contributed by atoms with Crippen LogP contribution in [0, 0.1) is 5.92 Å². The number of ketones is 1. The number of halogens is 1. The number of rotatable bonds is 5. The van der Waals surface area contributed by atoms with Crippen LogP contribution in [0.1, 0.15) is 18.5 Å². The first-order valence-electron chi connectivity index (χ1n) is 5.36. The lowest BCUT2D eigenvalue weighted by atomic mass is 10.1. The Labute approximate surface area is 103 Å². The van der Waals surface area contributed by atoms with Gasteiger partial charge in [0, 0.05) is 23.5 Å². The molecular weight excluding hydrogens is 270 g/mol. The van der Waals surface area contributed by atoms with Gasteiger partial charge in [-0.1, -0.05) is 0 Å². The molecule has 2 rings (SSSR count). The highest BCUT2D eigenvalue weighted by Gasteiger charge is 2.35. The SMILES string of the molecule is COC(C(=O)Cc1ccc(Br)cn1)C1CC1. The minimum Gasteiger partial charge on any atom is -0.373 e. The number of methoxy groups -OCH3 is 1. The van der Waals surface area contributed by atoms with Gasteiger partial charge in [0.1, 0.15) is 6.10 Å². The maximum atomic E-state index is 11.9. The van der Waals surface area contributed by atoms with Gasteiger partial charge in [0.25, 0.3) is 0 Å². The lowest BCUT2D eigenvalue weighted by Crippen LogP contribution is -2.27. The van der Waals surface area contributed by atoms with Crippen molar-refractivity contribution in [2.45, 2.75) is 25.4 Å². The van der Waals surface area contributed by atoms with Crippen LogP contribution >= 0.6 is 15.9 Å². The van der Waals surface area contributed by atoms with E-state index in [0.29, 0.717) is 12.3 Å². The fourth-order valence-electron chi connectivity index (χ4n) is 1.78. The monoisotopic (exact) mass is 283 g/mol. The molecule has 3 nitrogen and oxygen atoms in total. The van der Waals surface area contributed by atoms with E-state index in [1.807, 2.05) is 12.1 Å². The lowest BCUT2D eigenvalue weighted by Gasteiger charge is -2.12. The third kappa shape index (κ3) is 2.89. The highest BCUT2D eigenvalue weighted by atomic mass is 79.9. The predicted octanol–water partition coefficient (Wildman–Crippen LogP) is 2.38. The Kier molecular flexibility index (Phi) is 3.71. The predicted molar refractivity (Wildman–Crippen MR) is 64.2 cm³/mol. The maximum absolute atomic E-state index is 11.9. The molecule has 1 aliphatic carbocycles. The third-order valence-electron chi connectivity index (χ3n) is 2.77. The molecule has 1 saturated carbocycles. The van der Waals surface area contributed by atoms with Gasteiger partial charge in [-0.2, -0.15) is 0 Å². The Morgan fingerprint density at radius 2 is 2.38 bits per heavy atom. The quantitative estimate of drug-likeness (QED) is 0.833. The standard InChI is InChI=1S/C12H14BrNO2/c1-16-12(8-2-3-8)11(15)6-10-5-4-9(13)7-14-10/h4-5,7-8,12H,2-3,6H2,1H3. The zero-order valence-corrected chi connectivity index (χ0v) is 10.7. The van der Waals surface area contributed by atoms with Gasteiger partial charge in [0.2, 0.25) is 0 Å². The molecular formula is C12H14BrNO2. The summed E-state index contributed by atoms with van der Waals surface area (Å²) in [5.41, 5.74) is 0.802. The van der Waals surface area contributed by atoms with Crippen LogP contribution in [0.15, 0.2) is 22.8 Å². The Bertz CT molecular complexity index is 373. The molecule has 0 radical (unpaired) electrons. The topological polar surface area (TPSA) is 39.2 Å². The smallest absolute Gasteiger partial charge is 0.167 e. The van der Waals surface area contributed by atoms with E-state index in [1.165, 1.54) is 0 Å². The summed E-state index contributed by atoms with van der Waals surface area (Å²) in [6.45, 7) is 0. The molecule has 16 heavy (non-hydrogen) atoms. The molecule has 0 saturated heterocycles. The van der Waals surface area contributed by atoms with Gasteiger partial charge in [0.05, 0.1) is 6.42 Å². The second-order valence-corrected chi connectivity index (χ2v) is 5.02. The third-order valence-corrected chi connectivity index (χ3v) is 3.23. The Morgan fingerprint density at radius 3 is 2.88 bits per heavy atom. The highest BCUT2D eigenvalue weighted by Crippen LogP contribution is 2.34. The van der Waals surface area contributed by atoms with Crippen LogP contribution in [0.5, 0.6) is 0 Å². The fraction of sp³-hybridized carbons (Fsp3) is 0.500. The molecule has 1 atom stereocenters. The van der Waals surface area contributed by atoms with Gasteiger partial charge in [-0.05, 0) is 46.8 Å². The van der Waals surface area contributed by atoms with Crippen molar-refractivity contribution in [2.24, 2.45) is 5.92 Å². The normalized spacial score (nSPS) is 17.1. The minimum atomic E-state index is -0.231. The van der Waals surface area contributed by atoms with Crippen molar-refractivity contribution in [3.05, 3.63) is 28.5 Å². The molecule has 1 unspecified atom stereocenters. The number of nitrogens with zero attached hydrogens (tertiary/aromatic N) is 1. The lowest BCUT2D eigenvalue weighted by molar-refractivity contribution is -0.129. The number of ether oxygens (including phenoxy) is 1. The van der Waals surface area contributed by atoms with Crippen LogP contribution in [0.3, 0.4) is 0 Å². The van der Waals surface area contributed by atoms with Crippen molar-refractivity contribution in [1.82, 2.24) is 4.98 Å². The molecule has 0 aromatic carbocycles. The zero-order chi connectivity index (χ0) is 11.5. The summed E-state index contributed by atoms with van der Waals surface area (Å²) >= 11 is 3.32. The molecule has 86 valence electrons. The van der Waals surface area contributed by atoms with Crippen LogP contribution < -0.4 is 0 Å². The van der Waals surface area contributed by atoms with Crippen molar-refractivity contribution in [1.29, 1.82) is 0 Å². The van der Waals surface area contributed by atoms with Crippen LogP contribution in [-0.4, -0.2) is 24.0 Å². The van der Waals surface area contributed by atoms with Crippen LogP contribution in [-0.2, 0) is 16.0 Å². The average molecular weight is 284 g/mol. The van der Waals surface area contributed by atoms with E-state index < -0.39 is 0 Å². The van der Waals surface area contributed by atoms with Crippen molar-refractivity contribution in [3.8, 4) is 0 Å². The number of Topliss-reactive ketones (excluding diaryl/α,β-unsaturated/α-hetero) is 1. The van der Waals surface area contributed by atoms with Gasteiger partial charge in [-0.3, -0.25) is 9.78 Å². The van der Waals surface area contributed by atoms with Crippen molar-refractivity contribution in [2.75, 3.05) is 7.11 Å². The van der Waals surface area contributed by atoms with Crippen molar-refractivity contribution < 1.29 is 9.53 Å². The molecule has 0 amide bonds. The Hall–Kier alpha value is -0.740. The Balaban J connectivity index is 1.97. The number of pyridine rings is 1. The van der Waals surface area contributed by atoms with Crippen molar-refractivity contribution in [3.63, 3.8) is 0 Å². The maximum Gasteiger partial charge on any atom is 0.167 e. The fourth-order valence-corrected chi connectivity index (χ4v) is 2.01. The van der Waals surface area contributed by atoms with E-state index >= 15 is 0 Å². The van der Waals surface area contributed by atoms with Crippen LogP contribution in [0.4, 0.5) is 0 Å². The minimum absolute atomic E-state index is 0.139. The molecule has 1 aromatic heterocycles. The second-order valence-electron chi connectivity index (χ2n) is 4.10. The molecule has 0 N–H and O–H groups in total. The molecule has 1 aliphatic rings. The van der Waals surface area contributed by atoms with E-state index in [1.54, 1.807) is 13.3 Å². The molecule has 1 aromatic rings. The van der Waals surface area contributed by atoms with Crippen LogP contribution in [0.2, 0.25) is 0 Å². The molecule has 0 bridgehead atoms. The van der Waals surface area contributed by atoms with Crippen molar-refractivity contribution >= 4 is 21.7 Å². The number of carbonyl (C=O) groups is 1. The Morgan fingerprint density at radius 1 is 1.62 bits per heavy atom. The first-order chi connectivity index (χ1) is 7.70.